The molecule has 0 bridgehead atoms. The minimum Gasteiger partial charge on any atom is -0.490 e. The molecule has 3 aromatic rings. The number of amides is 2. The summed E-state index contributed by atoms with van der Waals surface area (Å²) in [5.41, 5.74) is 4.88. The molecule has 10 heteroatoms. The molecule has 5 N–H and O–H groups in total. The van der Waals surface area contributed by atoms with Gasteiger partial charge < -0.3 is 35.9 Å². The topological polar surface area (TPSA) is 123 Å². The molecule has 1 unspecified atom stereocenters. The number of hydrogen-bond donors (Lipinski definition) is 5. The first-order valence-corrected chi connectivity index (χ1v) is 13.6. The van der Waals surface area contributed by atoms with Crippen LogP contribution < -0.4 is 26.0 Å². The fraction of sp³-hybridized carbons (Fsp3) is 0.367. The Labute approximate surface area is 234 Å². The molecule has 2 amide bonds. The van der Waals surface area contributed by atoms with Crippen LogP contribution in [0.3, 0.4) is 0 Å². The minimum absolute atomic E-state index is 0.0390. The summed E-state index contributed by atoms with van der Waals surface area (Å²) in [6.07, 6.45) is 5.09. The first-order valence-electron chi connectivity index (χ1n) is 13.6. The van der Waals surface area contributed by atoms with E-state index in [-0.39, 0.29) is 17.2 Å². The van der Waals surface area contributed by atoms with Gasteiger partial charge in [-0.2, -0.15) is 0 Å². The SMILES string of the molecule is C=CC(=O)Nc1c(CNc2cc(-c3cc4c([nH]3)C3(CCCNC3)CNC4=O)ccn2)cccc1OCCN(C)C. The Morgan fingerprint density at radius 1 is 1.25 bits per heavy atom. The fourth-order valence-electron chi connectivity index (χ4n) is 5.35. The molecule has 4 heterocycles. The summed E-state index contributed by atoms with van der Waals surface area (Å²) in [5.74, 6) is 0.918. The van der Waals surface area contributed by atoms with Crippen LogP contribution in [0.2, 0.25) is 0 Å². The monoisotopic (exact) mass is 543 g/mol. The third-order valence-electron chi connectivity index (χ3n) is 7.53. The highest BCUT2D eigenvalue weighted by atomic mass is 16.5. The van der Waals surface area contributed by atoms with E-state index in [4.69, 9.17) is 4.74 Å². The van der Waals surface area contributed by atoms with Crippen molar-refractivity contribution in [3.63, 3.8) is 0 Å². The number of nitrogens with zero attached hydrogens (tertiary/aromatic N) is 2. The van der Waals surface area contributed by atoms with Crippen molar-refractivity contribution in [1.29, 1.82) is 0 Å². The van der Waals surface area contributed by atoms with Gasteiger partial charge in [0.25, 0.3) is 5.91 Å². The zero-order chi connectivity index (χ0) is 28.1. The van der Waals surface area contributed by atoms with Gasteiger partial charge in [0.05, 0.1) is 11.3 Å². The van der Waals surface area contributed by atoms with Crippen LogP contribution in [0.4, 0.5) is 11.5 Å². The number of H-pyrrole nitrogens is 1. The maximum absolute atomic E-state index is 12.7. The van der Waals surface area contributed by atoms with Gasteiger partial charge in [-0.1, -0.05) is 18.7 Å². The molecule has 1 fully saturated rings. The second kappa shape index (κ2) is 11.9. The smallest absolute Gasteiger partial charge is 0.253 e. The van der Waals surface area contributed by atoms with Crippen LogP contribution in [0.15, 0.2) is 55.3 Å². The van der Waals surface area contributed by atoms with E-state index in [1.807, 2.05) is 55.4 Å². The van der Waals surface area contributed by atoms with Gasteiger partial charge in [0.15, 0.2) is 0 Å². The Bertz CT molecular complexity index is 1390. The average molecular weight is 544 g/mol. The van der Waals surface area contributed by atoms with Crippen LogP contribution in [0.1, 0.15) is 34.5 Å². The molecule has 5 rings (SSSR count). The average Bonchev–Trinajstić information content (AvgIpc) is 3.43. The van der Waals surface area contributed by atoms with Crippen LogP contribution in [0.5, 0.6) is 5.75 Å². The van der Waals surface area contributed by atoms with Gasteiger partial charge >= 0.3 is 0 Å². The number of ether oxygens (including phenoxy) is 1. The van der Waals surface area contributed by atoms with Gasteiger partial charge in [-0.25, -0.2) is 4.98 Å². The maximum atomic E-state index is 12.7. The van der Waals surface area contributed by atoms with Gasteiger partial charge in [-0.05, 0) is 69.4 Å². The van der Waals surface area contributed by atoms with Crippen molar-refractivity contribution >= 4 is 23.3 Å². The highest BCUT2D eigenvalue weighted by Crippen LogP contribution is 2.38. The van der Waals surface area contributed by atoms with Gasteiger partial charge in [0.2, 0.25) is 5.91 Å². The zero-order valence-electron chi connectivity index (χ0n) is 23.1. The first-order chi connectivity index (χ1) is 19.4. The number of para-hydroxylation sites is 1. The lowest BCUT2D eigenvalue weighted by Gasteiger charge is -2.40. The van der Waals surface area contributed by atoms with Crippen molar-refractivity contribution in [3.05, 3.63) is 72.1 Å². The molecule has 0 radical (unpaired) electrons. The van der Waals surface area contributed by atoms with Gasteiger partial charge in [0, 0.05) is 54.7 Å². The van der Waals surface area contributed by atoms with Crippen LogP contribution >= 0.6 is 0 Å². The van der Waals surface area contributed by atoms with E-state index in [0.29, 0.717) is 42.5 Å². The van der Waals surface area contributed by atoms with Crippen LogP contribution in [-0.4, -0.2) is 73.6 Å². The molecule has 0 aliphatic carbocycles. The summed E-state index contributed by atoms with van der Waals surface area (Å²) in [4.78, 5) is 35.0. The summed E-state index contributed by atoms with van der Waals surface area (Å²) in [6, 6.07) is 11.5. The number of likely N-dealkylation sites (N-methyl/N-ethyl adjacent to an activating group) is 1. The number of benzene rings is 1. The lowest BCUT2D eigenvalue weighted by atomic mass is 9.74. The number of aromatic amines is 1. The number of pyridine rings is 1. The molecule has 2 aromatic heterocycles. The first kappa shape index (κ1) is 27.4. The second-order valence-electron chi connectivity index (χ2n) is 10.6. The van der Waals surface area contributed by atoms with Gasteiger partial charge in [-0.3, -0.25) is 9.59 Å². The largest absolute Gasteiger partial charge is 0.490 e. The van der Waals surface area contributed by atoms with Gasteiger partial charge in [0.1, 0.15) is 18.2 Å². The highest BCUT2D eigenvalue weighted by molar-refractivity contribution is 6.00. The Kier molecular flexibility index (Phi) is 8.18. The predicted octanol–water partition coefficient (Wildman–Crippen LogP) is 3.12. The number of rotatable bonds is 10. The molecule has 2 aliphatic heterocycles. The number of carbonyl (C=O) groups excluding carboxylic acids is 2. The molecular formula is C30H37N7O3. The van der Waals surface area contributed by atoms with Crippen molar-refractivity contribution in [2.75, 3.05) is 57.5 Å². The molecule has 0 saturated carbocycles. The Hall–Kier alpha value is -4.15. The van der Waals surface area contributed by atoms with E-state index < -0.39 is 0 Å². The molecule has 1 saturated heterocycles. The minimum atomic E-state index is -0.310. The number of piperidine rings is 1. The van der Waals surface area contributed by atoms with E-state index in [1.54, 1.807) is 6.20 Å². The second-order valence-corrected chi connectivity index (χ2v) is 10.6. The summed E-state index contributed by atoms with van der Waals surface area (Å²) >= 11 is 0. The maximum Gasteiger partial charge on any atom is 0.253 e. The van der Waals surface area contributed by atoms with Crippen molar-refractivity contribution in [1.82, 2.24) is 25.5 Å². The van der Waals surface area contributed by atoms with Crippen molar-refractivity contribution < 1.29 is 14.3 Å². The van der Waals surface area contributed by atoms with Crippen molar-refractivity contribution in [2.45, 2.75) is 24.8 Å². The predicted molar refractivity (Wildman–Crippen MR) is 157 cm³/mol. The van der Waals surface area contributed by atoms with Crippen molar-refractivity contribution in [3.8, 4) is 17.0 Å². The molecule has 1 spiro atoms. The van der Waals surface area contributed by atoms with Gasteiger partial charge in [-0.15, -0.1) is 0 Å². The molecular weight excluding hydrogens is 506 g/mol. The van der Waals surface area contributed by atoms with E-state index in [0.717, 1.165) is 55.0 Å². The summed E-state index contributed by atoms with van der Waals surface area (Å²) in [5, 5.41) is 12.9. The summed E-state index contributed by atoms with van der Waals surface area (Å²) in [7, 11) is 3.96. The zero-order valence-corrected chi connectivity index (χ0v) is 23.1. The Morgan fingerprint density at radius 2 is 2.12 bits per heavy atom. The Morgan fingerprint density at radius 3 is 2.90 bits per heavy atom. The number of fused-ring (bicyclic) bond motifs is 2. The van der Waals surface area contributed by atoms with Crippen LogP contribution in [0, 0.1) is 0 Å². The molecule has 210 valence electrons. The fourth-order valence-corrected chi connectivity index (χ4v) is 5.35. The lowest BCUT2D eigenvalue weighted by molar-refractivity contribution is -0.111. The third kappa shape index (κ3) is 5.88. The number of nitrogens with one attached hydrogen (secondary N) is 5. The molecule has 40 heavy (non-hydrogen) atoms. The van der Waals surface area contributed by atoms with E-state index in [1.165, 1.54) is 6.08 Å². The summed E-state index contributed by atoms with van der Waals surface area (Å²) in [6.45, 7) is 7.69. The van der Waals surface area contributed by atoms with Crippen LogP contribution in [0.25, 0.3) is 11.3 Å². The third-order valence-corrected chi connectivity index (χ3v) is 7.53. The molecule has 2 aliphatic rings. The van der Waals surface area contributed by atoms with E-state index in [9.17, 15) is 9.59 Å². The number of hydrogen-bond acceptors (Lipinski definition) is 7. The number of anilines is 2. The van der Waals surface area contributed by atoms with E-state index >= 15 is 0 Å². The molecule has 10 nitrogen and oxygen atoms in total. The standard InChI is InChI=1S/C30H37N7O3/c1-4-26(38)36-27-21(7-5-8-24(27)40-14-13-37(2)3)17-33-25-15-20(9-12-32-25)23-16-22-28(35-23)30(19-34-29(22)39)10-6-11-31-18-30/h4-5,7-9,12,15-16,31,35H,1,6,10-11,13-14,17-19H2,2-3H3,(H,32,33)(H,34,39)(H,36,38). The lowest BCUT2D eigenvalue weighted by Crippen LogP contribution is -2.54. The molecule has 1 aromatic carbocycles. The number of carbonyl (C=O) groups is 2. The summed E-state index contributed by atoms with van der Waals surface area (Å²) < 4.78 is 5.98. The quantitative estimate of drug-likeness (QED) is 0.249. The normalized spacial score (nSPS) is 18.2. The van der Waals surface area contributed by atoms with Crippen LogP contribution in [-0.2, 0) is 16.8 Å². The number of aromatic nitrogens is 2. The Balaban J connectivity index is 1.36. The highest BCUT2D eigenvalue weighted by Gasteiger charge is 2.42. The van der Waals surface area contributed by atoms with Crippen molar-refractivity contribution in [2.24, 2.45) is 0 Å². The molecule has 1 atom stereocenters. The van der Waals surface area contributed by atoms with E-state index in [2.05, 4.69) is 37.8 Å².